The fourth-order valence-electron chi connectivity index (χ4n) is 2.61. The highest BCUT2D eigenvalue weighted by atomic mass is 16.5. The number of hydrogen-bond acceptors (Lipinski definition) is 4. The molecule has 1 aromatic carbocycles. The monoisotopic (exact) mass is 287 g/mol. The van der Waals surface area contributed by atoms with Gasteiger partial charge in [0, 0.05) is 12.6 Å². The molecule has 2 unspecified atom stereocenters. The number of nitrogens with zero attached hydrogens (tertiary/aromatic N) is 2. The number of carbonyl (C=O) groups is 1. The van der Waals surface area contributed by atoms with Crippen molar-refractivity contribution in [1.29, 1.82) is 5.26 Å². The third-order valence-electron chi connectivity index (χ3n) is 3.93. The molecule has 0 radical (unpaired) electrons. The van der Waals surface area contributed by atoms with E-state index in [0.29, 0.717) is 24.5 Å². The summed E-state index contributed by atoms with van der Waals surface area (Å²) in [6.45, 7) is 6.08. The van der Waals surface area contributed by atoms with Crippen LogP contribution in [0, 0.1) is 11.3 Å². The Labute approximate surface area is 125 Å². The van der Waals surface area contributed by atoms with Crippen molar-refractivity contribution >= 4 is 11.6 Å². The molecule has 0 bridgehead atoms. The van der Waals surface area contributed by atoms with E-state index in [1.807, 2.05) is 13.0 Å². The van der Waals surface area contributed by atoms with E-state index in [-0.39, 0.29) is 18.0 Å². The predicted octanol–water partition coefficient (Wildman–Crippen LogP) is 2.00. The first-order valence-corrected chi connectivity index (χ1v) is 7.30. The van der Waals surface area contributed by atoms with E-state index in [0.717, 1.165) is 13.0 Å². The number of para-hydroxylation sites is 1. The maximum Gasteiger partial charge on any atom is 0.241 e. The molecule has 1 fully saturated rings. The lowest BCUT2D eigenvalue weighted by Gasteiger charge is -2.38. The molecule has 0 spiro atoms. The lowest BCUT2D eigenvalue weighted by Crippen LogP contribution is -2.53. The van der Waals surface area contributed by atoms with E-state index in [1.54, 1.807) is 18.2 Å². The molecule has 0 aliphatic carbocycles. The maximum atomic E-state index is 12.4. The van der Waals surface area contributed by atoms with Gasteiger partial charge in [-0.05, 0) is 25.5 Å². The zero-order chi connectivity index (χ0) is 15.2. The minimum Gasteiger partial charge on any atom is -0.378 e. The van der Waals surface area contributed by atoms with Gasteiger partial charge in [0.15, 0.2) is 0 Å². The SMILES string of the molecule is CCC1COCCN1C(C)C(=O)Nc1ccccc1C#N. The van der Waals surface area contributed by atoms with Crippen molar-refractivity contribution in [3.05, 3.63) is 29.8 Å². The van der Waals surface area contributed by atoms with Gasteiger partial charge in [-0.25, -0.2) is 0 Å². The highest BCUT2D eigenvalue weighted by molar-refractivity contribution is 5.95. The second kappa shape index (κ2) is 7.21. The van der Waals surface area contributed by atoms with E-state index in [9.17, 15) is 4.79 Å². The number of nitrogens with one attached hydrogen (secondary N) is 1. The first kappa shape index (κ1) is 15.5. The summed E-state index contributed by atoms with van der Waals surface area (Å²) < 4.78 is 5.47. The molecular formula is C16H21N3O2. The molecule has 1 aliphatic heterocycles. The number of carbonyl (C=O) groups excluding carboxylic acids is 1. The lowest BCUT2D eigenvalue weighted by molar-refractivity contribution is -0.124. The Hall–Kier alpha value is -1.90. The zero-order valence-electron chi connectivity index (χ0n) is 12.5. The molecule has 2 rings (SSSR count). The van der Waals surface area contributed by atoms with Gasteiger partial charge in [-0.3, -0.25) is 9.69 Å². The van der Waals surface area contributed by atoms with Crippen LogP contribution in [0.3, 0.4) is 0 Å². The van der Waals surface area contributed by atoms with Crippen molar-refractivity contribution in [2.75, 3.05) is 25.1 Å². The summed E-state index contributed by atoms with van der Waals surface area (Å²) in [5.74, 6) is -0.0851. The Bertz CT molecular complexity index is 539. The standard InChI is InChI=1S/C16H21N3O2/c1-3-14-11-21-9-8-19(14)12(2)16(20)18-15-7-5-4-6-13(15)10-17/h4-7,12,14H,3,8-9,11H2,1-2H3,(H,18,20). The van der Waals surface area contributed by atoms with Gasteiger partial charge in [0.25, 0.3) is 0 Å². The van der Waals surface area contributed by atoms with Crippen LogP contribution in [0.4, 0.5) is 5.69 Å². The molecule has 1 aromatic rings. The van der Waals surface area contributed by atoms with Crippen LogP contribution >= 0.6 is 0 Å². The summed E-state index contributed by atoms with van der Waals surface area (Å²) in [6, 6.07) is 9.16. The van der Waals surface area contributed by atoms with Gasteiger partial charge in [0.05, 0.1) is 30.5 Å². The van der Waals surface area contributed by atoms with Crippen LogP contribution in [0.15, 0.2) is 24.3 Å². The molecule has 21 heavy (non-hydrogen) atoms. The fraction of sp³-hybridized carbons (Fsp3) is 0.500. The van der Waals surface area contributed by atoms with Crippen LogP contribution in [-0.2, 0) is 9.53 Å². The molecule has 1 heterocycles. The summed E-state index contributed by atoms with van der Waals surface area (Å²) in [5, 5.41) is 11.9. The Morgan fingerprint density at radius 2 is 2.33 bits per heavy atom. The van der Waals surface area contributed by atoms with Crippen molar-refractivity contribution in [2.45, 2.75) is 32.4 Å². The average molecular weight is 287 g/mol. The number of hydrogen-bond donors (Lipinski definition) is 1. The molecule has 5 nitrogen and oxygen atoms in total. The largest absolute Gasteiger partial charge is 0.378 e. The minimum absolute atomic E-state index is 0.0851. The molecule has 1 N–H and O–H groups in total. The molecule has 0 aromatic heterocycles. The summed E-state index contributed by atoms with van der Waals surface area (Å²) in [5.41, 5.74) is 1.05. The Kier molecular flexibility index (Phi) is 5.32. The second-order valence-corrected chi connectivity index (χ2v) is 5.20. The van der Waals surface area contributed by atoms with Crippen molar-refractivity contribution in [3.8, 4) is 6.07 Å². The Morgan fingerprint density at radius 1 is 1.57 bits per heavy atom. The fourth-order valence-corrected chi connectivity index (χ4v) is 2.61. The zero-order valence-corrected chi connectivity index (χ0v) is 12.5. The molecule has 1 amide bonds. The number of ether oxygens (including phenoxy) is 1. The normalized spacial score (nSPS) is 20.5. The molecule has 1 saturated heterocycles. The molecule has 0 saturated carbocycles. The van der Waals surface area contributed by atoms with Crippen LogP contribution in [0.1, 0.15) is 25.8 Å². The number of nitriles is 1. The quantitative estimate of drug-likeness (QED) is 0.920. The summed E-state index contributed by atoms with van der Waals surface area (Å²) in [4.78, 5) is 14.6. The van der Waals surface area contributed by atoms with Gasteiger partial charge in [-0.2, -0.15) is 5.26 Å². The number of morpholine rings is 1. The second-order valence-electron chi connectivity index (χ2n) is 5.20. The highest BCUT2D eigenvalue weighted by Gasteiger charge is 2.29. The van der Waals surface area contributed by atoms with Gasteiger partial charge >= 0.3 is 0 Å². The summed E-state index contributed by atoms with van der Waals surface area (Å²) >= 11 is 0. The van der Waals surface area contributed by atoms with E-state index in [2.05, 4.69) is 23.2 Å². The van der Waals surface area contributed by atoms with Crippen molar-refractivity contribution in [3.63, 3.8) is 0 Å². The van der Waals surface area contributed by atoms with Crippen LogP contribution in [0.5, 0.6) is 0 Å². The molecular weight excluding hydrogens is 266 g/mol. The third kappa shape index (κ3) is 3.60. The predicted molar refractivity (Wildman–Crippen MR) is 80.9 cm³/mol. The van der Waals surface area contributed by atoms with Crippen molar-refractivity contribution < 1.29 is 9.53 Å². The van der Waals surface area contributed by atoms with Gasteiger partial charge < -0.3 is 10.1 Å². The first-order valence-electron chi connectivity index (χ1n) is 7.30. The maximum absolute atomic E-state index is 12.4. The number of rotatable bonds is 4. The van der Waals surface area contributed by atoms with E-state index >= 15 is 0 Å². The molecule has 5 heteroatoms. The number of amides is 1. The Balaban J connectivity index is 2.07. The molecule has 1 aliphatic rings. The third-order valence-corrected chi connectivity index (χ3v) is 3.93. The summed E-state index contributed by atoms with van der Waals surface area (Å²) in [7, 11) is 0. The van der Waals surface area contributed by atoms with Crippen LogP contribution < -0.4 is 5.32 Å². The van der Waals surface area contributed by atoms with E-state index in [4.69, 9.17) is 10.00 Å². The molecule has 112 valence electrons. The Morgan fingerprint density at radius 3 is 3.05 bits per heavy atom. The number of anilines is 1. The van der Waals surface area contributed by atoms with Crippen LogP contribution in [0.25, 0.3) is 0 Å². The van der Waals surface area contributed by atoms with Gasteiger partial charge in [-0.15, -0.1) is 0 Å². The van der Waals surface area contributed by atoms with E-state index < -0.39 is 0 Å². The van der Waals surface area contributed by atoms with Crippen molar-refractivity contribution in [1.82, 2.24) is 4.90 Å². The van der Waals surface area contributed by atoms with Gasteiger partial charge in [-0.1, -0.05) is 19.1 Å². The number of benzene rings is 1. The van der Waals surface area contributed by atoms with Crippen LogP contribution in [-0.4, -0.2) is 42.6 Å². The topological polar surface area (TPSA) is 65.4 Å². The molecule has 2 atom stereocenters. The van der Waals surface area contributed by atoms with Gasteiger partial charge in [0.1, 0.15) is 6.07 Å². The summed E-state index contributed by atoms with van der Waals surface area (Å²) in [6.07, 6.45) is 0.951. The minimum atomic E-state index is -0.245. The first-order chi connectivity index (χ1) is 10.2. The lowest BCUT2D eigenvalue weighted by atomic mass is 10.1. The average Bonchev–Trinajstić information content (AvgIpc) is 2.54. The van der Waals surface area contributed by atoms with Gasteiger partial charge in [0.2, 0.25) is 5.91 Å². The smallest absolute Gasteiger partial charge is 0.241 e. The van der Waals surface area contributed by atoms with E-state index in [1.165, 1.54) is 0 Å². The highest BCUT2D eigenvalue weighted by Crippen LogP contribution is 2.18. The van der Waals surface area contributed by atoms with Crippen molar-refractivity contribution in [2.24, 2.45) is 0 Å². The van der Waals surface area contributed by atoms with Crippen LogP contribution in [0.2, 0.25) is 0 Å².